The SMILES string of the molecule is CC(C)C(=O)CC[C@@H](C)[C@H]1CC[C@H]2C3[C@H](O)C[C@@H]4C[C@H](O)CC[C@]4(C)[C@H]3C[C@H](O)[C@]12C. The summed E-state index contributed by atoms with van der Waals surface area (Å²) in [5, 5.41) is 33.2. The van der Waals surface area contributed by atoms with E-state index in [1.54, 1.807) is 0 Å². The number of Topliss-reactive ketones (excluding diaryl/α,β-unsaturated/α-hetero) is 1. The van der Waals surface area contributed by atoms with Gasteiger partial charge in [0.25, 0.3) is 0 Å². The van der Waals surface area contributed by atoms with Gasteiger partial charge in [-0.25, -0.2) is 0 Å². The zero-order valence-electron chi connectivity index (χ0n) is 20.4. The van der Waals surface area contributed by atoms with Gasteiger partial charge in [0.15, 0.2) is 0 Å². The van der Waals surface area contributed by atoms with Gasteiger partial charge in [-0.05, 0) is 97.7 Å². The van der Waals surface area contributed by atoms with E-state index < -0.39 is 0 Å². The predicted molar refractivity (Wildman–Crippen MR) is 122 cm³/mol. The van der Waals surface area contributed by atoms with E-state index in [9.17, 15) is 20.1 Å². The highest BCUT2D eigenvalue weighted by molar-refractivity contribution is 5.80. The Balaban J connectivity index is 1.56. The van der Waals surface area contributed by atoms with E-state index in [1.165, 1.54) is 0 Å². The molecule has 3 N–H and O–H groups in total. The van der Waals surface area contributed by atoms with Gasteiger partial charge in [0.2, 0.25) is 0 Å². The van der Waals surface area contributed by atoms with Crippen LogP contribution >= 0.6 is 0 Å². The second kappa shape index (κ2) is 8.40. The van der Waals surface area contributed by atoms with Crippen LogP contribution in [0.25, 0.3) is 0 Å². The van der Waals surface area contributed by atoms with Crippen LogP contribution in [-0.4, -0.2) is 39.4 Å². The third kappa shape index (κ3) is 3.73. The first kappa shape index (κ1) is 23.7. The standard InChI is InChI=1S/C27H46O4/c1-15(2)22(29)9-6-16(3)19-7-8-20-25-21(14-24(31)27(19,20)5)26(4)11-10-18(28)12-17(26)13-23(25)30/h15-21,23-25,28,30-31H,6-14H2,1-5H3/t16-,17+,18-,19-,20+,21+,23-,24+,25?,26+,27-/m1/s1. The third-order valence-electron chi connectivity index (χ3n) is 11.0. The van der Waals surface area contributed by atoms with Crippen LogP contribution in [0.2, 0.25) is 0 Å². The molecule has 4 rings (SSSR count). The van der Waals surface area contributed by atoms with Crippen LogP contribution in [0.4, 0.5) is 0 Å². The second-order valence-electron chi connectivity index (χ2n) is 12.7. The normalized spacial score (nSPS) is 50.5. The van der Waals surface area contributed by atoms with Crippen molar-refractivity contribution in [3.8, 4) is 0 Å². The molecule has 0 radical (unpaired) electrons. The minimum atomic E-state index is -0.343. The number of aliphatic hydroxyl groups is 3. The Labute approximate surface area is 189 Å². The summed E-state index contributed by atoms with van der Waals surface area (Å²) in [6.45, 7) is 10.9. The zero-order chi connectivity index (χ0) is 22.7. The highest BCUT2D eigenvalue weighted by Crippen LogP contribution is 2.68. The number of carbonyl (C=O) groups is 1. The van der Waals surface area contributed by atoms with E-state index in [0.29, 0.717) is 41.8 Å². The summed E-state index contributed by atoms with van der Waals surface area (Å²) in [5.41, 5.74) is -0.0430. The van der Waals surface area contributed by atoms with Gasteiger partial charge in [-0.2, -0.15) is 0 Å². The molecule has 0 heterocycles. The molecule has 1 unspecified atom stereocenters. The average Bonchev–Trinajstić information content (AvgIpc) is 3.06. The molecule has 0 saturated heterocycles. The monoisotopic (exact) mass is 434 g/mol. The maximum absolute atomic E-state index is 12.2. The van der Waals surface area contributed by atoms with Crippen LogP contribution in [0.5, 0.6) is 0 Å². The van der Waals surface area contributed by atoms with Gasteiger partial charge in [-0.1, -0.05) is 34.6 Å². The van der Waals surface area contributed by atoms with Crippen LogP contribution in [-0.2, 0) is 4.79 Å². The van der Waals surface area contributed by atoms with E-state index in [1.807, 2.05) is 13.8 Å². The summed E-state index contributed by atoms with van der Waals surface area (Å²) in [4.78, 5) is 12.2. The van der Waals surface area contributed by atoms with E-state index in [-0.39, 0.29) is 41.0 Å². The molecule has 0 bridgehead atoms. The van der Waals surface area contributed by atoms with Crippen molar-refractivity contribution in [1.82, 2.24) is 0 Å². The second-order valence-corrected chi connectivity index (χ2v) is 12.7. The predicted octanol–water partition coefficient (Wildman–Crippen LogP) is 4.59. The van der Waals surface area contributed by atoms with Crippen LogP contribution in [0.1, 0.15) is 92.4 Å². The quantitative estimate of drug-likeness (QED) is 0.591. The summed E-state index contributed by atoms with van der Waals surface area (Å²) in [7, 11) is 0. The van der Waals surface area contributed by atoms with Crippen molar-refractivity contribution in [2.75, 3.05) is 0 Å². The van der Waals surface area contributed by atoms with Gasteiger partial charge in [0.05, 0.1) is 18.3 Å². The Bertz CT molecular complexity index is 676. The van der Waals surface area contributed by atoms with Crippen molar-refractivity contribution in [2.45, 2.75) is 111 Å². The Morgan fingerprint density at radius 2 is 1.68 bits per heavy atom. The topological polar surface area (TPSA) is 77.8 Å². The first-order chi connectivity index (χ1) is 14.5. The molecule has 0 spiro atoms. The molecule has 11 atom stereocenters. The number of hydrogen-bond acceptors (Lipinski definition) is 4. The lowest BCUT2D eigenvalue weighted by Crippen LogP contribution is -2.62. The van der Waals surface area contributed by atoms with Crippen LogP contribution in [0, 0.1) is 52.3 Å². The van der Waals surface area contributed by atoms with Crippen molar-refractivity contribution in [2.24, 2.45) is 52.3 Å². The number of aliphatic hydroxyl groups excluding tert-OH is 3. The molecule has 4 aliphatic rings. The highest BCUT2D eigenvalue weighted by Gasteiger charge is 2.65. The summed E-state index contributed by atoms with van der Waals surface area (Å²) < 4.78 is 0. The molecule has 0 amide bonds. The molecule has 0 aromatic heterocycles. The van der Waals surface area contributed by atoms with Gasteiger partial charge in [-0.3, -0.25) is 4.79 Å². The van der Waals surface area contributed by atoms with Crippen molar-refractivity contribution < 1.29 is 20.1 Å². The lowest BCUT2D eigenvalue weighted by molar-refractivity contribution is -0.207. The fraction of sp³-hybridized carbons (Fsp3) is 0.963. The lowest BCUT2D eigenvalue weighted by atomic mass is 9.43. The molecule has 178 valence electrons. The van der Waals surface area contributed by atoms with E-state index >= 15 is 0 Å². The van der Waals surface area contributed by atoms with Gasteiger partial charge < -0.3 is 15.3 Å². The molecule has 4 aliphatic carbocycles. The number of rotatable bonds is 5. The van der Waals surface area contributed by atoms with Crippen molar-refractivity contribution >= 4 is 5.78 Å². The summed E-state index contributed by atoms with van der Waals surface area (Å²) in [6.07, 6.45) is 7.11. The molecule has 4 heteroatoms. The molecule has 0 aromatic rings. The minimum Gasteiger partial charge on any atom is -0.393 e. The van der Waals surface area contributed by atoms with Crippen LogP contribution in [0.15, 0.2) is 0 Å². The maximum atomic E-state index is 12.2. The Morgan fingerprint density at radius 3 is 2.35 bits per heavy atom. The fourth-order valence-electron chi connectivity index (χ4n) is 8.99. The van der Waals surface area contributed by atoms with E-state index in [2.05, 4.69) is 20.8 Å². The summed E-state index contributed by atoms with van der Waals surface area (Å²) >= 11 is 0. The fourth-order valence-corrected chi connectivity index (χ4v) is 8.99. The molecule has 4 saturated carbocycles. The Morgan fingerprint density at radius 1 is 0.968 bits per heavy atom. The Hall–Kier alpha value is -0.450. The molecule has 4 fully saturated rings. The van der Waals surface area contributed by atoms with Crippen LogP contribution < -0.4 is 0 Å². The minimum absolute atomic E-state index is 0.0974. The van der Waals surface area contributed by atoms with Gasteiger partial charge in [-0.15, -0.1) is 0 Å². The molecule has 31 heavy (non-hydrogen) atoms. The van der Waals surface area contributed by atoms with Crippen molar-refractivity contribution in [3.63, 3.8) is 0 Å². The van der Waals surface area contributed by atoms with Crippen molar-refractivity contribution in [1.29, 1.82) is 0 Å². The van der Waals surface area contributed by atoms with E-state index in [0.717, 1.165) is 51.4 Å². The molecule has 0 aliphatic heterocycles. The number of carbonyl (C=O) groups excluding carboxylic acids is 1. The average molecular weight is 435 g/mol. The maximum Gasteiger partial charge on any atom is 0.135 e. The first-order valence-corrected chi connectivity index (χ1v) is 13.1. The molecule has 4 nitrogen and oxygen atoms in total. The number of ketones is 1. The lowest BCUT2D eigenvalue weighted by Gasteiger charge is -2.63. The van der Waals surface area contributed by atoms with Crippen molar-refractivity contribution in [3.05, 3.63) is 0 Å². The summed E-state index contributed by atoms with van der Waals surface area (Å²) in [6, 6.07) is 0. The Kier molecular flexibility index (Phi) is 6.42. The molecular formula is C27H46O4. The number of hydrogen-bond donors (Lipinski definition) is 3. The highest BCUT2D eigenvalue weighted by atomic mass is 16.3. The largest absolute Gasteiger partial charge is 0.393 e. The molecule has 0 aromatic carbocycles. The van der Waals surface area contributed by atoms with Gasteiger partial charge in [0.1, 0.15) is 5.78 Å². The molecular weight excluding hydrogens is 388 g/mol. The van der Waals surface area contributed by atoms with Gasteiger partial charge in [0, 0.05) is 12.3 Å². The van der Waals surface area contributed by atoms with E-state index in [4.69, 9.17) is 0 Å². The zero-order valence-corrected chi connectivity index (χ0v) is 20.4. The number of fused-ring (bicyclic) bond motifs is 5. The third-order valence-corrected chi connectivity index (χ3v) is 11.0. The first-order valence-electron chi connectivity index (χ1n) is 13.1. The summed E-state index contributed by atoms with van der Waals surface area (Å²) in [5.74, 6) is 2.60. The van der Waals surface area contributed by atoms with Crippen LogP contribution in [0.3, 0.4) is 0 Å². The smallest absolute Gasteiger partial charge is 0.135 e. The van der Waals surface area contributed by atoms with Gasteiger partial charge >= 0.3 is 0 Å².